The molecule has 0 aliphatic carbocycles. The lowest BCUT2D eigenvalue weighted by molar-refractivity contribution is 0.104. The maximum absolute atomic E-state index is 12.8. The van der Waals surface area contributed by atoms with Gasteiger partial charge in [-0.15, -0.1) is 0 Å². The van der Waals surface area contributed by atoms with E-state index in [1.54, 1.807) is 32.4 Å². The number of ether oxygens (including phenoxy) is 2. The lowest BCUT2D eigenvalue weighted by Gasteiger charge is -2.10. The van der Waals surface area contributed by atoms with Gasteiger partial charge in [-0.2, -0.15) is 0 Å². The van der Waals surface area contributed by atoms with Gasteiger partial charge in [-0.1, -0.05) is 42.5 Å². The zero-order valence-electron chi connectivity index (χ0n) is 12.5. The van der Waals surface area contributed by atoms with Crippen molar-refractivity contribution in [3.05, 3.63) is 71.8 Å². The Morgan fingerprint density at radius 2 is 1.55 bits per heavy atom. The molecule has 0 heterocycles. The molecule has 0 atom stereocenters. The van der Waals surface area contributed by atoms with Crippen molar-refractivity contribution in [1.29, 1.82) is 0 Å². The molecular formula is C19H16O3. The molecule has 0 radical (unpaired) electrons. The fraction of sp³-hybridized carbons (Fsp3) is 0.105. The van der Waals surface area contributed by atoms with Gasteiger partial charge in [0.05, 0.1) is 14.2 Å². The number of hydrogen-bond acceptors (Lipinski definition) is 3. The fourth-order valence-electron chi connectivity index (χ4n) is 2.56. The van der Waals surface area contributed by atoms with Crippen molar-refractivity contribution in [1.82, 2.24) is 0 Å². The summed E-state index contributed by atoms with van der Waals surface area (Å²) < 4.78 is 10.5. The van der Waals surface area contributed by atoms with Crippen LogP contribution in [0.4, 0.5) is 0 Å². The molecule has 0 fully saturated rings. The van der Waals surface area contributed by atoms with Gasteiger partial charge >= 0.3 is 0 Å². The van der Waals surface area contributed by atoms with Crippen LogP contribution in [0.2, 0.25) is 0 Å². The van der Waals surface area contributed by atoms with Crippen molar-refractivity contribution in [2.75, 3.05) is 14.2 Å². The van der Waals surface area contributed by atoms with Crippen LogP contribution in [0.3, 0.4) is 0 Å². The Balaban J connectivity index is 2.10. The van der Waals surface area contributed by atoms with E-state index in [9.17, 15) is 4.79 Å². The summed E-state index contributed by atoms with van der Waals surface area (Å²) in [6.07, 6.45) is 0. The first kappa shape index (κ1) is 14.1. The van der Waals surface area contributed by atoms with E-state index in [1.807, 2.05) is 42.5 Å². The van der Waals surface area contributed by atoms with E-state index in [-0.39, 0.29) is 5.78 Å². The van der Waals surface area contributed by atoms with Gasteiger partial charge in [-0.25, -0.2) is 0 Å². The van der Waals surface area contributed by atoms with Crippen molar-refractivity contribution in [2.24, 2.45) is 0 Å². The molecule has 0 bridgehead atoms. The molecule has 0 saturated heterocycles. The van der Waals surface area contributed by atoms with Crippen molar-refractivity contribution >= 4 is 16.6 Å². The molecule has 3 aromatic carbocycles. The quantitative estimate of drug-likeness (QED) is 0.679. The Kier molecular flexibility index (Phi) is 3.79. The molecule has 3 aromatic rings. The van der Waals surface area contributed by atoms with Crippen LogP contribution in [0.25, 0.3) is 10.8 Å². The van der Waals surface area contributed by atoms with Crippen LogP contribution in [0.1, 0.15) is 15.9 Å². The van der Waals surface area contributed by atoms with E-state index < -0.39 is 0 Å². The van der Waals surface area contributed by atoms with Crippen LogP contribution in [0.5, 0.6) is 11.5 Å². The van der Waals surface area contributed by atoms with Gasteiger partial charge in [0.2, 0.25) is 0 Å². The van der Waals surface area contributed by atoms with Crippen molar-refractivity contribution in [2.45, 2.75) is 0 Å². The Labute approximate surface area is 129 Å². The van der Waals surface area contributed by atoms with Gasteiger partial charge in [0.15, 0.2) is 17.3 Å². The van der Waals surface area contributed by atoms with E-state index in [0.717, 1.165) is 10.8 Å². The molecule has 0 unspecified atom stereocenters. The highest BCUT2D eigenvalue weighted by molar-refractivity contribution is 6.16. The summed E-state index contributed by atoms with van der Waals surface area (Å²) in [4.78, 5) is 12.8. The van der Waals surface area contributed by atoms with Gasteiger partial charge in [0.1, 0.15) is 0 Å². The zero-order chi connectivity index (χ0) is 15.5. The molecule has 0 spiro atoms. The summed E-state index contributed by atoms with van der Waals surface area (Å²) in [5.74, 6) is 1.13. The normalized spacial score (nSPS) is 10.5. The summed E-state index contributed by atoms with van der Waals surface area (Å²) >= 11 is 0. The van der Waals surface area contributed by atoms with Gasteiger partial charge in [-0.3, -0.25) is 4.79 Å². The Hall–Kier alpha value is -2.81. The highest BCUT2D eigenvalue weighted by Crippen LogP contribution is 2.29. The molecular weight excluding hydrogens is 276 g/mol. The van der Waals surface area contributed by atoms with Crippen LogP contribution in [0, 0.1) is 0 Å². The molecule has 0 N–H and O–H groups in total. The first-order chi connectivity index (χ1) is 10.7. The summed E-state index contributed by atoms with van der Waals surface area (Å²) in [6.45, 7) is 0. The molecule has 3 rings (SSSR count). The maximum atomic E-state index is 12.8. The van der Waals surface area contributed by atoms with Crippen molar-refractivity contribution < 1.29 is 14.3 Å². The zero-order valence-corrected chi connectivity index (χ0v) is 12.5. The largest absolute Gasteiger partial charge is 0.493 e. The molecule has 110 valence electrons. The summed E-state index contributed by atoms with van der Waals surface area (Å²) in [7, 11) is 3.13. The summed E-state index contributed by atoms with van der Waals surface area (Å²) in [5, 5.41) is 2.00. The first-order valence-corrected chi connectivity index (χ1v) is 6.99. The van der Waals surface area contributed by atoms with E-state index in [2.05, 4.69) is 0 Å². The third-order valence-electron chi connectivity index (χ3n) is 3.68. The number of fused-ring (bicyclic) bond motifs is 1. The monoisotopic (exact) mass is 292 g/mol. The van der Waals surface area contributed by atoms with Crippen LogP contribution < -0.4 is 9.47 Å². The number of benzene rings is 3. The predicted molar refractivity (Wildman–Crippen MR) is 86.9 cm³/mol. The Morgan fingerprint density at radius 3 is 2.32 bits per heavy atom. The minimum absolute atomic E-state index is 0.0299. The molecule has 3 heteroatoms. The summed E-state index contributed by atoms with van der Waals surface area (Å²) in [5.41, 5.74) is 1.26. The van der Waals surface area contributed by atoms with E-state index >= 15 is 0 Å². The molecule has 22 heavy (non-hydrogen) atoms. The molecule has 0 aliphatic heterocycles. The molecule has 0 saturated carbocycles. The minimum atomic E-state index is -0.0299. The number of rotatable bonds is 4. The second-order valence-electron chi connectivity index (χ2n) is 4.93. The van der Waals surface area contributed by atoms with Crippen LogP contribution in [0.15, 0.2) is 60.7 Å². The summed E-state index contributed by atoms with van der Waals surface area (Å²) in [6, 6.07) is 18.8. The number of ketones is 1. The SMILES string of the molecule is COc1ccc(C(=O)c2cccc3ccccc23)cc1OC. The fourth-order valence-corrected chi connectivity index (χ4v) is 2.56. The third-order valence-corrected chi connectivity index (χ3v) is 3.68. The lowest BCUT2D eigenvalue weighted by Crippen LogP contribution is -2.03. The smallest absolute Gasteiger partial charge is 0.193 e. The van der Waals surface area contributed by atoms with Crippen LogP contribution >= 0.6 is 0 Å². The average molecular weight is 292 g/mol. The van der Waals surface area contributed by atoms with Gasteiger partial charge in [-0.05, 0) is 29.0 Å². The van der Waals surface area contributed by atoms with Crippen LogP contribution in [-0.2, 0) is 0 Å². The second kappa shape index (κ2) is 5.90. The molecule has 0 amide bonds. The maximum Gasteiger partial charge on any atom is 0.193 e. The first-order valence-electron chi connectivity index (χ1n) is 6.99. The Bertz CT molecular complexity index is 832. The number of hydrogen-bond donors (Lipinski definition) is 0. The van der Waals surface area contributed by atoms with Crippen LogP contribution in [-0.4, -0.2) is 20.0 Å². The van der Waals surface area contributed by atoms with Crippen molar-refractivity contribution in [3.63, 3.8) is 0 Å². The number of carbonyl (C=O) groups excluding carboxylic acids is 1. The highest BCUT2D eigenvalue weighted by atomic mass is 16.5. The topological polar surface area (TPSA) is 35.5 Å². The number of carbonyl (C=O) groups is 1. The molecule has 0 aromatic heterocycles. The van der Waals surface area contributed by atoms with Crippen molar-refractivity contribution in [3.8, 4) is 11.5 Å². The Morgan fingerprint density at radius 1 is 0.818 bits per heavy atom. The number of methoxy groups -OCH3 is 2. The van der Waals surface area contributed by atoms with E-state index in [1.165, 1.54) is 0 Å². The standard InChI is InChI=1S/C19H16O3/c1-21-17-11-10-14(12-18(17)22-2)19(20)16-9-5-7-13-6-3-4-8-15(13)16/h3-12H,1-2H3. The van der Waals surface area contributed by atoms with Gasteiger partial charge in [0.25, 0.3) is 0 Å². The third kappa shape index (κ3) is 2.42. The van der Waals surface area contributed by atoms with E-state index in [4.69, 9.17) is 9.47 Å². The lowest BCUT2D eigenvalue weighted by atomic mass is 9.97. The van der Waals surface area contributed by atoms with E-state index in [0.29, 0.717) is 22.6 Å². The average Bonchev–Trinajstić information content (AvgIpc) is 2.60. The minimum Gasteiger partial charge on any atom is -0.493 e. The predicted octanol–water partition coefficient (Wildman–Crippen LogP) is 4.09. The molecule has 0 aliphatic rings. The van der Waals surface area contributed by atoms with Gasteiger partial charge in [0, 0.05) is 11.1 Å². The molecule has 3 nitrogen and oxygen atoms in total. The second-order valence-corrected chi connectivity index (χ2v) is 4.93. The highest BCUT2D eigenvalue weighted by Gasteiger charge is 2.14. The van der Waals surface area contributed by atoms with Gasteiger partial charge < -0.3 is 9.47 Å².